The minimum absolute atomic E-state index is 0.115. The maximum absolute atomic E-state index is 11.8. The zero-order chi connectivity index (χ0) is 12.9. The molecule has 1 rings (SSSR count). The summed E-state index contributed by atoms with van der Waals surface area (Å²) < 4.78 is 59.9. The highest BCUT2D eigenvalue weighted by Crippen LogP contribution is 2.21. The van der Waals surface area contributed by atoms with Gasteiger partial charge in [0, 0.05) is 6.42 Å². The Kier molecular flexibility index (Phi) is 4.40. The first-order valence-corrected chi connectivity index (χ1v) is 6.20. The van der Waals surface area contributed by atoms with Crippen LogP contribution in [0.2, 0.25) is 0 Å². The summed E-state index contributed by atoms with van der Waals surface area (Å²) in [6.45, 7) is -0.204. The second-order valence-corrected chi connectivity index (χ2v) is 5.11. The van der Waals surface area contributed by atoms with Gasteiger partial charge in [-0.25, -0.2) is 13.1 Å². The van der Waals surface area contributed by atoms with Gasteiger partial charge in [0.15, 0.2) is 5.82 Å². The number of halogens is 3. The first-order valence-electron chi connectivity index (χ1n) is 4.55. The van der Waals surface area contributed by atoms with E-state index in [1.165, 1.54) is 0 Å². The SMILES string of the molecule is O=S(=O)(CCCC(F)(F)F)NCc1nn[nH]n1. The standard InChI is InChI=1S/C6H10F3N5O2S/c7-6(8,9)2-1-3-17(15,16)10-4-5-11-13-14-12-5/h10H,1-4H2,(H,11,12,13,14). The molecule has 1 aromatic heterocycles. The Morgan fingerprint density at radius 2 is 2.06 bits per heavy atom. The van der Waals surface area contributed by atoms with Crippen LogP contribution < -0.4 is 4.72 Å². The summed E-state index contributed by atoms with van der Waals surface area (Å²) in [4.78, 5) is 0. The summed E-state index contributed by atoms with van der Waals surface area (Å²) in [6.07, 6.45) is -5.95. The van der Waals surface area contributed by atoms with Crippen LogP contribution in [0.5, 0.6) is 0 Å². The molecule has 0 bridgehead atoms. The molecular formula is C6H10F3N5O2S. The fraction of sp³-hybridized carbons (Fsp3) is 0.833. The van der Waals surface area contributed by atoms with Crippen LogP contribution in [-0.4, -0.2) is 41.0 Å². The molecule has 0 atom stereocenters. The summed E-state index contributed by atoms with van der Waals surface area (Å²) in [7, 11) is -3.75. The Hall–Kier alpha value is -1.23. The summed E-state index contributed by atoms with van der Waals surface area (Å²) in [5.74, 6) is -0.478. The van der Waals surface area contributed by atoms with E-state index in [-0.39, 0.29) is 12.4 Å². The molecular weight excluding hydrogens is 263 g/mol. The van der Waals surface area contributed by atoms with Crippen molar-refractivity contribution in [2.45, 2.75) is 25.6 Å². The molecule has 7 nitrogen and oxygen atoms in total. The van der Waals surface area contributed by atoms with Crippen molar-refractivity contribution in [1.29, 1.82) is 0 Å². The highest BCUT2D eigenvalue weighted by Gasteiger charge is 2.27. The Morgan fingerprint density at radius 3 is 2.59 bits per heavy atom. The molecule has 0 aromatic carbocycles. The van der Waals surface area contributed by atoms with Crippen LogP contribution in [0.15, 0.2) is 0 Å². The highest BCUT2D eigenvalue weighted by molar-refractivity contribution is 7.89. The number of nitrogens with one attached hydrogen (secondary N) is 2. The Labute approximate surface area is 94.8 Å². The molecule has 2 N–H and O–H groups in total. The van der Waals surface area contributed by atoms with Gasteiger partial charge >= 0.3 is 6.18 Å². The number of aromatic amines is 1. The molecule has 1 heterocycles. The Balaban J connectivity index is 2.31. The zero-order valence-corrected chi connectivity index (χ0v) is 9.35. The third-order valence-corrected chi connectivity index (χ3v) is 3.12. The molecule has 0 saturated heterocycles. The van der Waals surface area contributed by atoms with E-state index in [1.807, 2.05) is 0 Å². The molecule has 0 fully saturated rings. The van der Waals surface area contributed by atoms with Crippen molar-refractivity contribution >= 4 is 10.0 Å². The molecule has 0 aliphatic carbocycles. The van der Waals surface area contributed by atoms with Gasteiger partial charge in [0.25, 0.3) is 0 Å². The van der Waals surface area contributed by atoms with Gasteiger partial charge in [-0.1, -0.05) is 5.21 Å². The van der Waals surface area contributed by atoms with Crippen molar-refractivity contribution < 1.29 is 21.6 Å². The lowest BCUT2D eigenvalue weighted by molar-refractivity contribution is -0.134. The minimum Gasteiger partial charge on any atom is -0.212 e. The van der Waals surface area contributed by atoms with Crippen molar-refractivity contribution in [1.82, 2.24) is 25.3 Å². The molecule has 0 aliphatic heterocycles. The van der Waals surface area contributed by atoms with E-state index in [9.17, 15) is 21.6 Å². The van der Waals surface area contributed by atoms with Crippen molar-refractivity contribution in [3.63, 3.8) is 0 Å². The lowest BCUT2D eigenvalue weighted by Gasteiger charge is -2.06. The molecule has 0 amide bonds. The number of aromatic nitrogens is 4. The maximum Gasteiger partial charge on any atom is 0.389 e. The summed E-state index contributed by atoms with van der Waals surface area (Å²) in [6, 6.07) is 0. The number of hydrogen-bond acceptors (Lipinski definition) is 5. The van der Waals surface area contributed by atoms with Crippen molar-refractivity contribution in [2.24, 2.45) is 0 Å². The van der Waals surface area contributed by atoms with E-state index in [2.05, 4.69) is 25.3 Å². The number of H-pyrrole nitrogens is 1. The normalized spacial score (nSPS) is 12.9. The van der Waals surface area contributed by atoms with E-state index in [1.54, 1.807) is 0 Å². The van der Waals surface area contributed by atoms with Crippen molar-refractivity contribution in [3.8, 4) is 0 Å². The smallest absolute Gasteiger partial charge is 0.212 e. The minimum atomic E-state index is -4.34. The lowest BCUT2D eigenvalue weighted by atomic mass is 10.3. The fourth-order valence-corrected chi connectivity index (χ4v) is 1.98. The monoisotopic (exact) mass is 273 g/mol. The molecule has 11 heteroatoms. The third-order valence-electron chi connectivity index (χ3n) is 1.71. The van der Waals surface area contributed by atoms with E-state index < -0.39 is 34.8 Å². The Morgan fingerprint density at radius 1 is 1.35 bits per heavy atom. The molecule has 0 unspecified atom stereocenters. The quantitative estimate of drug-likeness (QED) is 0.757. The van der Waals surface area contributed by atoms with E-state index >= 15 is 0 Å². The maximum atomic E-state index is 11.8. The van der Waals surface area contributed by atoms with Crippen LogP contribution in [0.25, 0.3) is 0 Å². The fourth-order valence-electron chi connectivity index (χ4n) is 0.967. The number of rotatable bonds is 6. The molecule has 0 saturated carbocycles. The second kappa shape index (κ2) is 5.40. The summed E-state index contributed by atoms with van der Waals surface area (Å²) in [5, 5.41) is 12.3. The first-order chi connectivity index (χ1) is 7.79. The molecule has 0 aliphatic rings. The Bertz CT molecular complexity index is 429. The largest absolute Gasteiger partial charge is 0.389 e. The molecule has 1 aromatic rings. The van der Waals surface area contributed by atoms with Crippen LogP contribution >= 0.6 is 0 Å². The van der Waals surface area contributed by atoms with Crippen LogP contribution in [-0.2, 0) is 16.6 Å². The zero-order valence-electron chi connectivity index (χ0n) is 8.53. The average Bonchev–Trinajstić information content (AvgIpc) is 2.64. The predicted molar refractivity (Wildman–Crippen MR) is 50.1 cm³/mol. The number of hydrogen-bond donors (Lipinski definition) is 2. The predicted octanol–water partition coefficient (Wildman–Crippen LogP) is -0.0384. The van der Waals surface area contributed by atoms with Gasteiger partial charge in [-0.05, 0) is 6.42 Å². The number of nitrogens with zero attached hydrogens (tertiary/aromatic N) is 3. The molecule has 0 radical (unpaired) electrons. The third kappa shape index (κ3) is 6.16. The molecule has 0 spiro atoms. The van der Waals surface area contributed by atoms with Gasteiger partial charge in [-0.2, -0.15) is 18.4 Å². The van der Waals surface area contributed by atoms with Crippen LogP contribution in [0.1, 0.15) is 18.7 Å². The lowest BCUT2D eigenvalue weighted by Crippen LogP contribution is -2.27. The summed E-state index contributed by atoms with van der Waals surface area (Å²) >= 11 is 0. The van der Waals surface area contributed by atoms with Gasteiger partial charge in [-0.3, -0.25) is 0 Å². The topological polar surface area (TPSA) is 101 Å². The first kappa shape index (κ1) is 13.8. The summed E-state index contributed by atoms with van der Waals surface area (Å²) in [5.41, 5.74) is 0. The van der Waals surface area contributed by atoms with Gasteiger partial charge in [0.1, 0.15) is 0 Å². The average molecular weight is 273 g/mol. The number of tetrazole rings is 1. The van der Waals surface area contributed by atoms with Crippen molar-refractivity contribution in [3.05, 3.63) is 5.82 Å². The van der Waals surface area contributed by atoms with Crippen molar-refractivity contribution in [2.75, 3.05) is 5.75 Å². The van der Waals surface area contributed by atoms with Gasteiger partial charge < -0.3 is 0 Å². The number of alkyl halides is 3. The highest BCUT2D eigenvalue weighted by atomic mass is 32.2. The second-order valence-electron chi connectivity index (χ2n) is 3.19. The molecule has 17 heavy (non-hydrogen) atoms. The van der Waals surface area contributed by atoms with Crippen LogP contribution in [0.4, 0.5) is 13.2 Å². The van der Waals surface area contributed by atoms with Gasteiger partial charge in [-0.15, -0.1) is 10.2 Å². The van der Waals surface area contributed by atoms with Crippen LogP contribution in [0, 0.1) is 0 Å². The van der Waals surface area contributed by atoms with Gasteiger partial charge in [0.2, 0.25) is 10.0 Å². The van der Waals surface area contributed by atoms with Crippen LogP contribution in [0.3, 0.4) is 0 Å². The van der Waals surface area contributed by atoms with E-state index in [4.69, 9.17) is 0 Å². The van der Waals surface area contributed by atoms with Gasteiger partial charge in [0.05, 0.1) is 12.3 Å². The number of sulfonamides is 1. The van der Waals surface area contributed by atoms with E-state index in [0.717, 1.165) is 0 Å². The van der Waals surface area contributed by atoms with E-state index in [0.29, 0.717) is 0 Å². The molecule has 98 valence electrons.